The molecular formula is C17H22ClN3OS. The van der Waals surface area contributed by atoms with Crippen LogP contribution in [0.25, 0.3) is 11.3 Å². The molecule has 0 bridgehead atoms. The number of amides is 1. The van der Waals surface area contributed by atoms with Crippen LogP contribution >= 0.6 is 23.7 Å². The van der Waals surface area contributed by atoms with Crippen molar-refractivity contribution in [1.29, 1.82) is 0 Å². The van der Waals surface area contributed by atoms with E-state index in [2.05, 4.69) is 10.3 Å². The maximum atomic E-state index is 12.4. The van der Waals surface area contributed by atoms with Gasteiger partial charge in [-0.15, -0.1) is 23.7 Å². The smallest absolute Gasteiger partial charge is 0.240 e. The van der Waals surface area contributed by atoms with E-state index in [1.165, 1.54) is 0 Å². The number of nitrogens with zero attached hydrogens (tertiary/aromatic N) is 1. The Morgan fingerprint density at radius 2 is 1.96 bits per heavy atom. The molecule has 2 aromatic rings. The third-order valence-corrected chi connectivity index (χ3v) is 5.28. The maximum absolute atomic E-state index is 12.4. The van der Waals surface area contributed by atoms with Crippen molar-refractivity contribution in [3.63, 3.8) is 0 Å². The summed E-state index contributed by atoms with van der Waals surface area (Å²) in [5, 5.41) is 5.97. The Morgan fingerprint density at radius 3 is 2.61 bits per heavy atom. The lowest BCUT2D eigenvalue weighted by atomic mass is 9.98. The fraction of sp³-hybridized carbons (Fsp3) is 0.412. The number of nitrogens with two attached hydrogens (primary N) is 1. The number of halogens is 1. The average Bonchev–Trinajstić information content (AvgIpc) is 3.18. The number of hydrogen-bond donors (Lipinski definition) is 2. The molecule has 6 heteroatoms. The first-order chi connectivity index (χ1) is 10.6. The fourth-order valence-electron chi connectivity index (χ4n) is 2.86. The number of hydrogen-bond acceptors (Lipinski definition) is 4. The third kappa shape index (κ3) is 3.91. The molecule has 0 aliphatic heterocycles. The number of aromatic nitrogens is 1. The Balaban J connectivity index is 0.00000192. The van der Waals surface area contributed by atoms with Crippen molar-refractivity contribution >= 4 is 29.7 Å². The summed E-state index contributed by atoms with van der Waals surface area (Å²) < 4.78 is 0. The van der Waals surface area contributed by atoms with Gasteiger partial charge in [0.1, 0.15) is 5.01 Å². The molecule has 1 heterocycles. The van der Waals surface area contributed by atoms with Gasteiger partial charge in [-0.25, -0.2) is 4.98 Å². The summed E-state index contributed by atoms with van der Waals surface area (Å²) in [7, 11) is 0. The Bertz CT molecular complexity index is 653. The monoisotopic (exact) mass is 351 g/mol. The Kier molecular flexibility index (Phi) is 5.79. The molecule has 124 valence electrons. The summed E-state index contributed by atoms with van der Waals surface area (Å²) in [4.78, 5) is 17.0. The molecule has 0 radical (unpaired) electrons. The average molecular weight is 352 g/mol. The fourth-order valence-corrected chi connectivity index (χ4v) is 3.70. The minimum absolute atomic E-state index is 0. The molecule has 1 amide bonds. The molecule has 1 aromatic carbocycles. The highest BCUT2D eigenvalue weighted by Crippen LogP contribution is 2.29. The van der Waals surface area contributed by atoms with E-state index in [-0.39, 0.29) is 24.4 Å². The van der Waals surface area contributed by atoms with Gasteiger partial charge in [0.05, 0.1) is 17.3 Å². The van der Waals surface area contributed by atoms with Gasteiger partial charge >= 0.3 is 0 Å². The van der Waals surface area contributed by atoms with Crippen molar-refractivity contribution < 1.29 is 4.79 Å². The van der Waals surface area contributed by atoms with Gasteiger partial charge in [0.25, 0.3) is 0 Å². The first-order valence-corrected chi connectivity index (χ1v) is 8.57. The summed E-state index contributed by atoms with van der Waals surface area (Å²) in [6.07, 6.45) is 3.62. The quantitative estimate of drug-likeness (QED) is 0.882. The van der Waals surface area contributed by atoms with Crippen molar-refractivity contribution in [3.05, 3.63) is 40.7 Å². The molecule has 1 saturated carbocycles. The van der Waals surface area contributed by atoms with Crippen LogP contribution in [-0.2, 0) is 4.79 Å². The molecule has 1 atom stereocenters. The highest BCUT2D eigenvalue weighted by molar-refractivity contribution is 7.10. The lowest BCUT2D eigenvalue weighted by molar-refractivity contribution is -0.126. The molecule has 1 aromatic heterocycles. The van der Waals surface area contributed by atoms with Crippen LogP contribution in [0.4, 0.5) is 0 Å². The standard InChI is InChI=1S/C17H21N3OS.ClH/c1-12(19-16(21)17(18)9-5-6-10-17)15-20-14(11-22-15)13-7-3-2-4-8-13;/h2-4,7-8,11-12H,5-6,9-10,18H2,1H3,(H,19,21);1H. The molecule has 0 saturated heterocycles. The number of benzene rings is 1. The second kappa shape index (κ2) is 7.43. The second-order valence-electron chi connectivity index (χ2n) is 6.00. The minimum atomic E-state index is -0.687. The van der Waals surface area contributed by atoms with Crippen molar-refractivity contribution in [2.24, 2.45) is 5.73 Å². The van der Waals surface area contributed by atoms with E-state index < -0.39 is 5.54 Å². The maximum Gasteiger partial charge on any atom is 0.240 e. The predicted molar refractivity (Wildman–Crippen MR) is 96.7 cm³/mol. The van der Waals surface area contributed by atoms with Crippen LogP contribution in [0.3, 0.4) is 0 Å². The van der Waals surface area contributed by atoms with Crippen molar-refractivity contribution in [2.75, 3.05) is 0 Å². The van der Waals surface area contributed by atoms with Crippen LogP contribution in [0.2, 0.25) is 0 Å². The second-order valence-corrected chi connectivity index (χ2v) is 6.89. The van der Waals surface area contributed by atoms with Gasteiger partial charge in [0.2, 0.25) is 5.91 Å². The summed E-state index contributed by atoms with van der Waals surface area (Å²) in [6.45, 7) is 1.96. The summed E-state index contributed by atoms with van der Waals surface area (Å²) in [5.41, 5.74) is 7.55. The largest absolute Gasteiger partial charge is 0.346 e. The van der Waals surface area contributed by atoms with Crippen LogP contribution < -0.4 is 11.1 Å². The van der Waals surface area contributed by atoms with E-state index in [4.69, 9.17) is 5.73 Å². The van der Waals surface area contributed by atoms with E-state index in [9.17, 15) is 4.79 Å². The zero-order valence-corrected chi connectivity index (χ0v) is 14.8. The van der Waals surface area contributed by atoms with Crippen LogP contribution in [-0.4, -0.2) is 16.4 Å². The molecular weight excluding hydrogens is 330 g/mol. The lowest BCUT2D eigenvalue weighted by Crippen LogP contribution is -2.52. The molecule has 4 nitrogen and oxygen atoms in total. The molecule has 1 aliphatic rings. The summed E-state index contributed by atoms with van der Waals surface area (Å²) in [5.74, 6) is -0.0473. The molecule has 1 unspecified atom stereocenters. The Hall–Kier alpha value is -1.43. The van der Waals surface area contributed by atoms with E-state index in [1.54, 1.807) is 11.3 Å². The van der Waals surface area contributed by atoms with Crippen LogP contribution in [0.1, 0.15) is 43.7 Å². The van der Waals surface area contributed by atoms with E-state index in [0.29, 0.717) is 0 Å². The van der Waals surface area contributed by atoms with Gasteiger partial charge in [-0.2, -0.15) is 0 Å². The third-order valence-electron chi connectivity index (χ3n) is 4.26. The molecule has 23 heavy (non-hydrogen) atoms. The number of thiazole rings is 1. The van der Waals surface area contributed by atoms with Crippen LogP contribution in [0.15, 0.2) is 35.7 Å². The number of carbonyl (C=O) groups is 1. The molecule has 3 N–H and O–H groups in total. The molecule has 1 aliphatic carbocycles. The number of carbonyl (C=O) groups excluding carboxylic acids is 1. The molecule has 3 rings (SSSR count). The first-order valence-electron chi connectivity index (χ1n) is 7.69. The SMILES string of the molecule is CC(NC(=O)C1(N)CCCC1)c1nc(-c2ccccc2)cs1.Cl. The number of nitrogens with one attached hydrogen (secondary N) is 1. The van der Waals surface area contributed by atoms with E-state index in [0.717, 1.165) is 41.9 Å². The van der Waals surface area contributed by atoms with Crippen LogP contribution in [0.5, 0.6) is 0 Å². The van der Waals surface area contributed by atoms with Crippen molar-refractivity contribution in [2.45, 2.75) is 44.2 Å². The van der Waals surface area contributed by atoms with Crippen molar-refractivity contribution in [1.82, 2.24) is 10.3 Å². The lowest BCUT2D eigenvalue weighted by Gasteiger charge is -2.24. The molecule has 0 spiro atoms. The van der Waals surface area contributed by atoms with Crippen molar-refractivity contribution in [3.8, 4) is 11.3 Å². The van der Waals surface area contributed by atoms with E-state index >= 15 is 0 Å². The summed E-state index contributed by atoms with van der Waals surface area (Å²) in [6, 6.07) is 9.94. The van der Waals surface area contributed by atoms with Gasteiger partial charge in [-0.3, -0.25) is 4.79 Å². The summed E-state index contributed by atoms with van der Waals surface area (Å²) >= 11 is 1.57. The number of rotatable bonds is 4. The van der Waals surface area contributed by atoms with Gasteiger partial charge in [0, 0.05) is 10.9 Å². The van der Waals surface area contributed by atoms with E-state index in [1.807, 2.05) is 42.6 Å². The minimum Gasteiger partial charge on any atom is -0.346 e. The Morgan fingerprint density at radius 1 is 1.30 bits per heavy atom. The normalized spacial score (nSPS) is 17.3. The Labute approximate surface area is 146 Å². The molecule has 1 fully saturated rings. The van der Waals surface area contributed by atoms with Crippen LogP contribution in [0, 0.1) is 0 Å². The first kappa shape index (κ1) is 17.9. The van der Waals surface area contributed by atoms with Gasteiger partial charge in [-0.1, -0.05) is 43.2 Å². The zero-order chi connectivity index (χ0) is 15.6. The van der Waals surface area contributed by atoms with Gasteiger partial charge < -0.3 is 11.1 Å². The van der Waals surface area contributed by atoms with Gasteiger partial charge in [-0.05, 0) is 19.8 Å². The highest BCUT2D eigenvalue weighted by atomic mass is 35.5. The predicted octanol–water partition coefficient (Wildman–Crippen LogP) is 3.68. The highest BCUT2D eigenvalue weighted by Gasteiger charge is 2.37. The zero-order valence-electron chi connectivity index (χ0n) is 13.1. The topological polar surface area (TPSA) is 68.0 Å². The van der Waals surface area contributed by atoms with Gasteiger partial charge in [0.15, 0.2) is 0 Å².